The molecule has 4 rings (SSSR count). The lowest BCUT2D eigenvalue weighted by atomic mass is 10.1. The molecule has 11 nitrogen and oxygen atoms in total. The molecule has 2 heterocycles. The van der Waals surface area contributed by atoms with Crippen LogP contribution in [0.15, 0.2) is 54.7 Å². The normalized spacial score (nSPS) is 10.6. The van der Waals surface area contributed by atoms with Crippen LogP contribution in [0, 0.1) is 10.1 Å². The summed E-state index contributed by atoms with van der Waals surface area (Å²) < 4.78 is 5.15. The topological polar surface area (TPSA) is 148 Å². The maximum absolute atomic E-state index is 12.3. The van der Waals surface area contributed by atoms with Crippen LogP contribution in [0.1, 0.15) is 0 Å². The van der Waals surface area contributed by atoms with E-state index in [0.717, 1.165) is 11.3 Å². The van der Waals surface area contributed by atoms with Crippen molar-refractivity contribution in [1.82, 2.24) is 20.2 Å². The fraction of sp³-hybridized carbons (Fsp3) is 0.0526. The third kappa shape index (κ3) is 3.85. The van der Waals surface area contributed by atoms with Crippen LogP contribution in [0.2, 0.25) is 0 Å². The zero-order valence-electron chi connectivity index (χ0n) is 15.6. The van der Waals surface area contributed by atoms with Gasteiger partial charge in [0.1, 0.15) is 5.75 Å². The number of rotatable bonds is 5. The Hall–Kier alpha value is -4.54. The molecule has 0 bridgehead atoms. The Balaban J connectivity index is 1.56. The van der Waals surface area contributed by atoms with Crippen molar-refractivity contribution < 1.29 is 14.5 Å². The highest BCUT2D eigenvalue weighted by Crippen LogP contribution is 2.24. The predicted molar refractivity (Wildman–Crippen MR) is 109 cm³/mol. The minimum atomic E-state index is -0.613. The van der Waals surface area contributed by atoms with Crippen molar-refractivity contribution in [2.24, 2.45) is 0 Å². The number of hydrogen-bond donors (Lipinski definition) is 3. The minimum absolute atomic E-state index is 0.130. The van der Waals surface area contributed by atoms with Crippen LogP contribution in [0.5, 0.6) is 5.75 Å². The predicted octanol–water partition coefficient (Wildman–Crippen LogP) is 3.58. The first-order chi connectivity index (χ1) is 14.5. The second kappa shape index (κ2) is 7.83. The van der Waals surface area contributed by atoms with Gasteiger partial charge in [0.2, 0.25) is 5.65 Å². The number of nitrogens with one attached hydrogen (secondary N) is 3. The number of aromatic amines is 1. The van der Waals surface area contributed by atoms with Gasteiger partial charge in [-0.2, -0.15) is 5.10 Å². The van der Waals surface area contributed by atoms with Gasteiger partial charge in [-0.15, -0.1) is 0 Å². The summed E-state index contributed by atoms with van der Waals surface area (Å²) in [5.41, 5.74) is 2.26. The fourth-order valence-electron chi connectivity index (χ4n) is 2.76. The SMILES string of the molecule is COc1ccc(-c2cnc3n[nH]c(NC(=O)Nc4cccc([N+](=O)[O-])c4)c3n2)cc1. The lowest BCUT2D eigenvalue weighted by Crippen LogP contribution is -2.20. The largest absolute Gasteiger partial charge is 0.497 e. The number of ether oxygens (including phenoxy) is 1. The maximum Gasteiger partial charge on any atom is 0.324 e. The second-order valence-electron chi connectivity index (χ2n) is 6.14. The van der Waals surface area contributed by atoms with E-state index >= 15 is 0 Å². The van der Waals surface area contributed by atoms with E-state index in [0.29, 0.717) is 16.9 Å². The molecular formula is C19H15N7O4. The Labute approximate surface area is 169 Å². The molecule has 30 heavy (non-hydrogen) atoms. The third-order valence-electron chi connectivity index (χ3n) is 4.20. The molecule has 0 aliphatic heterocycles. The number of H-pyrrole nitrogens is 1. The lowest BCUT2D eigenvalue weighted by Gasteiger charge is -2.06. The number of hydrogen-bond acceptors (Lipinski definition) is 7. The van der Waals surface area contributed by atoms with Crippen molar-refractivity contribution >= 4 is 34.4 Å². The van der Waals surface area contributed by atoms with E-state index in [4.69, 9.17) is 4.74 Å². The molecule has 0 atom stereocenters. The number of fused-ring (bicyclic) bond motifs is 1. The summed E-state index contributed by atoms with van der Waals surface area (Å²) in [4.78, 5) is 31.4. The number of non-ortho nitro benzene ring substituents is 1. The van der Waals surface area contributed by atoms with Crippen molar-refractivity contribution in [3.8, 4) is 17.0 Å². The van der Waals surface area contributed by atoms with Crippen LogP contribution in [0.4, 0.5) is 22.0 Å². The molecule has 2 aromatic heterocycles. The Bertz CT molecular complexity index is 1240. The van der Waals surface area contributed by atoms with Gasteiger partial charge in [0.05, 0.1) is 23.9 Å². The molecule has 0 unspecified atom stereocenters. The van der Waals surface area contributed by atoms with E-state index in [1.807, 2.05) is 24.3 Å². The van der Waals surface area contributed by atoms with Crippen LogP contribution in [-0.2, 0) is 0 Å². The van der Waals surface area contributed by atoms with E-state index in [1.165, 1.54) is 18.2 Å². The molecule has 3 N–H and O–H groups in total. The smallest absolute Gasteiger partial charge is 0.324 e. The van der Waals surface area contributed by atoms with Crippen molar-refractivity contribution in [3.63, 3.8) is 0 Å². The van der Waals surface area contributed by atoms with E-state index in [-0.39, 0.29) is 17.2 Å². The zero-order chi connectivity index (χ0) is 21.1. The molecule has 0 aliphatic carbocycles. The molecule has 0 aliphatic rings. The van der Waals surface area contributed by atoms with Gasteiger partial charge in [0.15, 0.2) is 11.3 Å². The molecule has 2 amide bonds. The number of methoxy groups -OCH3 is 1. The number of nitro groups is 1. The minimum Gasteiger partial charge on any atom is -0.497 e. The zero-order valence-corrected chi connectivity index (χ0v) is 15.6. The number of nitrogens with zero attached hydrogens (tertiary/aromatic N) is 4. The molecule has 0 saturated heterocycles. The average molecular weight is 405 g/mol. The van der Waals surface area contributed by atoms with Gasteiger partial charge in [-0.25, -0.2) is 14.8 Å². The van der Waals surface area contributed by atoms with Gasteiger partial charge in [0.25, 0.3) is 5.69 Å². The first-order valence-corrected chi connectivity index (χ1v) is 8.71. The summed E-state index contributed by atoms with van der Waals surface area (Å²) in [6, 6.07) is 12.3. The molecule has 11 heteroatoms. The fourth-order valence-corrected chi connectivity index (χ4v) is 2.76. The highest BCUT2D eigenvalue weighted by molar-refractivity contribution is 6.03. The van der Waals surface area contributed by atoms with Gasteiger partial charge >= 0.3 is 6.03 Å². The van der Waals surface area contributed by atoms with Gasteiger partial charge in [0, 0.05) is 23.4 Å². The van der Waals surface area contributed by atoms with Crippen molar-refractivity contribution in [2.75, 3.05) is 17.7 Å². The molecule has 0 spiro atoms. The summed E-state index contributed by atoms with van der Waals surface area (Å²) in [5, 5.41) is 22.7. The van der Waals surface area contributed by atoms with Crippen LogP contribution in [-0.4, -0.2) is 38.2 Å². The summed E-state index contributed by atoms with van der Waals surface area (Å²) in [7, 11) is 1.59. The maximum atomic E-state index is 12.3. The number of anilines is 2. The molecule has 0 fully saturated rings. The number of carbonyl (C=O) groups is 1. The Kier molecular flexibility index (Phi) is 4.91. The molecule has 4 aromatic rings. The second-order valence-corrected chi connectivity index (χ2v) is 6.14. The number of benzene rings is 2. The monoisotopic (exact) mass is 405 g/mol. The van der Waals surface area contributed by atoms with Gasteiger partial charge in [-0.05, 0) is 30.3 Å². The molecule has 0 saturated carbocycles. The highest BCUT2D eigenvalue weighted by Gasteiger charge is 2.14. The molecule has 150 valence electrons. The van der Waals surface area contributed by atoms with Crippen molar-refractivity contribution in [1.29, 1.82) is 0 Å². The third-order valence-corrected chi connectivity index (χ3v) is 4.20. The van der Waals surface area contributed by atoms with Gasteiger partial charge < -0.3 is 10.1 Å². The van der Waals surface area contributed by atoms with Crippen LogP contribution < -0.4 is 15.4 Å². The van der Waals surface area contributed by atoms with E-state index < -0.39 is 11.0 Å². The Morgan fingerprint density at radius 3 is 2.70 bits per heavy atom. The lowest BCUT2D eigenvalue weighted by molar-refractivity contribution is -0.384. The number of amides is 2. The standard InChI is InChI=1S/C19H15N7O4/c1-30-14-7-5-11(6-8-14)15-10-20-17-16(22-15)18(25-24-17)23-19(27)21-12-3-2-4-13(9-12)26(28)29/h2-10H,1H3,(H3,20,21,23,24,25,27). The van der Waals surface area contributed by atoms with E-state index in [9.17, 15) is 14.9 Å². The summed E-state index contributed by atoms with van der Waals surface area (Å²) >= 11 is 0. The van der Waals surface area contributed by atoms with Crippen molar-refractivity contribution in [3.05, 3.63) is 64.8 Å². The number of aromatic nitrogens is 4. The first-order valence-electron chi connectivity index (χ1n) is 8.71. The van der Waals surface area contributed by atoms with Crippen LogP contribution in [0.25, 0.3) is 22.4 Å². The van der Waals surface area contributed by atoms with Crippen LogP contribution in [0.3, 0.4) is 0 Å². The van der Waals surface area contributed by atoms with Gasteiger partial charge in [-0.3, -0.25) is 20.5 Å². The molecular weight excluding hydrogens is 390 g/mol. The summed E-state index contributed by atoms with van der Waals surface area (Å²) in [6.07, 6.45) is 1.58. The number of nitro benzene ring substituents is 1. The van der Waals surface area contributed by atoms with E-state index in [2.05, 4.69) is 30.8 Å². The first kappa shape index (κ1) is 18.8. The highest BCUT2D eigenvalue weighted by atomic mass is 16.6. The molecule has 2 aromatic carbocycles. The van der Waals surface area contributed by atoms with Crippen LogP contribution >= 0.6 is 0 Å². The van der Waals surface area contributed by atoms with Crippen molar-refractivity contribution in [2.45, 2.75) is 0 Å². The number of urea groups is 1. The number of carbonyl (C=O) groups excluding carboxylic acids is 1. The Morgan fingerprint density at radius 1 is 1.17 bits per heavy atom. The summed E-state index contributed by atoms with van der Waals surface area (Å²) in [5.74, 6) is 0.965. The van der Waals surface area contributed by atoms with Gasteiger partial charge in [-0.1, -0.05) is 6.07 Å². The quantitative estimate of drug-likeness (QED) is 0.339. The van der Waals surface area contributed by atoms with E-state index in [1.54, 1.807) is 19.4 Å². The Morgan fingerprint density at radius 2 is 1.97 bits per heavy atom. The summed E-state index contributed by atoms with van der Waals surface area (Å²) in [6.45, 7) is 0. The molecule has 0 radical (unpaired) electrons. The average Bonchev–Trinajstić information content (AvgIpc) is 3.15.